The third kappa shape index (κ3) is 3.49. The van der Waals surface area contributed by atoms with Gasteiger partial charge in [0.2, 0.25) is 0 Å². The summed E-state index contributed by atoms with van der Waals surface area (Å²) in [5, 5.41) is 0.624. The first-order valence-electron chi connectivity index (χ1n) is 6.23. The van der Waals surface area contributed by atoms with E-state index in [1.54, 1.807) is 20.3 Å². The van der Waals surface area contributed by atoms with Gasteiger partial charge in [-0.15, -0.1) is 0 Å². The van der Waals surface area contributed by atoms with Crippen molar-refractivity contribution in [1.82, 2.24) is 5.43 Å². The quantitative estimate of drug-likeness (QED) is 0.622. The first-order valence-corrected chi connectivity index (χ1v) is 7.40. The van der Waals surface area contributed by atoms with Crippen LogP contribution in [-0.4, -0.2) is 14.2 Å². The van der Waals surface area contributed by atoms with Crippen LogP contribution in [0.25, 0.3) is 0 Å². The van der Waals surface area contributed by atoms with Gasteiger partial charge in [-0.1, -0.05) is 17.7 Å². The molecule has 1 atom stereocenters. The molecule has 0 aliphatic carbocycles. The second-order valence-electron chi connectivity index (χ2n) is 4.38. The highest BCUT2D eigenvalue weighted by atomic mass is 79.9. The zero-order chi connectivity index (χ0) is 15.4. The summed E-state index contributed by atoms with van der Waals surface area (Å²) < 4.78 is 11.5. The normalized spacial score (nSPS) is 12.0. The van der Waals surface area contributed by atoms with E-state index in [9.17, 15) is 0 Å². The van der Waals surface area contributed by atoms with E-state index in [2.05, 4.69) is 21.4 Å². The molecular weight excluding hydrogens is 356 g/mol. The van der Waals surface area contributed by atoms with Gasteiger partial charge in [0.15, 0.2) is 0 Å². The lowest BCUT2D eigenvalue weighted by atomic mass is 9.98. The maximum atomic E-state index is 6.09. The average Bonchev–Trinajstić information content (AvgIpc) is 2.48. The van der Waals surface area contributed by atoms with Gasteiger partial charge < -0.3 is 9.47 Å². The fraction of sp³-hybridized carbons (Fsp3) is 0.200. The van der Waals surface area contributed by atoms with Crippen LogP contribution in [0.2, 0.25) is 5.02 Å². The second kappa shape index (κ2) is 7.13. The Morgan fingerprint density at radius 2 is 1.76 bits per heavy atom. The number of halogens is 2. The molecule has 0 saturated heterocycles. The van der Waals surface area contributed by atoms with Crippen molar-refractivity contribution in [2.45, 2.75) is 6.04 Å². The van der Waals surface area contributed by atoms with Crippen LogP contribution in [0.5, 0.6) is 11.5 Å². The summed E-state index contributed by atoms with van der Waals surface area (Å²) in [6.07, 6.45) is 0. The van der Waals surface area contributed by atoms with Crippen molar-refractivity contribution in [3.8, 4) is 11.5 Å². The summed E-state index contributed by atoms with van der Waals surface area (Å²) in [5.74, 6) is 7.21. The molecule has 0 fully saturated rings. The fourth-order valence-electron chi connectivity index (χ4n) is 2.16. The number of hydrogen-bond acceptors (Lipinski definition) is 4. The Balaban J connectivity index is 2.49. The number of rotatable bonds is 5. The number of hydrogen-bond donors (Lipinski definition) is 2. The summed E-state index contributed by atoms with van der Waals surface area (Å²) >= 11 is 9.56. The molecule has 1 unspecified atom stereocenters. The maximum Gasteiger partial charge on any atom is 0.133 e. The summed E-state index contributed by atoms with van der Waals surface area (Å²) in [5.41, 5.74) is 4.63. The van der Waals surface area contributed by atoms with E-state index in [0.29, 0.717) is 10.8 Å². The number of hydrazine groups is 1. The van der Waals surface area contributed by atoms with Gasteiger partial charge >= 0.3 is 0 Å². The molecule has 112 valence electrons. The summed E-state index contributed by atoms with van der Waals surface area (Å²) in [4.78, 5) is 0. The summed E-state index contributed by atoms with van der Waals surface area (Å²) in [6, 6.07) is 10.9. The minimum atomic E-state index is -0.249. The van der Waals surface area contributed by atoms with Crippen LogP contribution in [0.15, 0.2) is 40.9 Å². The van der Waals surface area contributed by atoms with E-state index >= 15 is 0 Å². The Labute approximate surface area is 137 Å². The number of methoxy groups -OCH3 is 2. The molecule has 0 amide bonds. The van der Waals surface area contributed by atoms with Crippen molar-refractivity contribution in [2.75, 3.05) is 14.2 Å². The molecule has 6 heteroatoms. The van der Waals surface area contributed by atoms with Crippen LogP contribution >= 0.6 is 27.5 Å². The molecule has 0 radical (unpaired) electrons. The summed E-state index contributed by atoms with van der Waals surface area (Å²) in [7, 11) is 3.24. The van der Waals surface area contributed by atoms with Gasteiger partial charge in [-0.3, -0.25) is 5.84 Å². The molecule has 0 spiro atoms. The van der Waals surface area contributed by atoms with Gasteiger partial charge in [-0.2, -0.15) is 0 Å². The predicted octanol–water partition coefficient (Wildman–Crippen LogP) is 3.67. The van der Waals surface area contributed by atoms with Crippen molar-refractivity contribution in [1.29, 1.82) is 0 Å². The fourth-order valence-corrected chi connectivity index (χ4v) is 2.90. The van der Waals surface area contributed by atoms with Crippen molar-refractivity contribution in [2.24, 2.45) is 5.84 Å². The molecule has 0 bridgehead atoms. The van der Waals surface area contributed by atoms with Crippen molar-refractivity contribution in [3.63, 3.8) is 0 Å². The van der Waals surface area contributed by atoms with Gasteiger partial charge in [0.05, 0.1) is 24.7 Å². The van der Waals surface area contributed by atoms with Crippen LogP contribution in [-0.2, 0) is 0 Å². The number of benzene rings is 2. The van der Waals surface area contributed by atoms with Gasteiger partial charge in [0.25, 0.3) is 0 Å². The SMILES string of the molecule is COc1ccc(C(NN)c2cc(Cl)ccc2OC)cc1Br. The summed E-state index contributed by atoms with van der Waals surface area (Å²) in [6.45, 7) is 0. The smallest absolute Gasteiger partial charge is 0.133 e. The van der Waals surface area contributed by atoms with Gasteiger partial charge in [-0.25, -0.2) is 5.43 Å². The first-order chi connectivity index (χ1) is 10.1. The van der Waals surface area contributed by atoms with Crippen molar-refractivity contribution in [3.05, 3.63) is 57.0 Å². The van der Waals surface area contributed by atoms with E-state index in [0.717, 1.165) is 21.3 Å². The largest absolute Gasteiger partial charge is 0.496 e. The Bertz CT molecular complexity index is 637. The van der Waals surface area contributed by atoms with Gasteiger partial charge in [0, 0.05) is 10.6 Å². The molecule has 0 aliphatic heterocycles. The van der Waals surface area contributed by atoms with Crippen LogP contribution < -0.4 is 20.7 Å². The molecular formula is C15H16BrClN2O2. The lowest BCUT2D eigenvalue weighted by molar-refractivity contribution is 0.404. The third-order valence-electron chi connectivity index (χ3n) is 3.18. The highest BCUT2D eigenvalue weighted by Gasteiger charge is 2.18. The Morgan fingerprint density at radius 3 is 2.33 bits per heavy atom. The predicted molar refractivity (Wildman–Crippen MR) is 87.9 cm³/mol. The number of ether oxygens (including phenoxy) is 2. The van der Waals surface area contributed by atoms with Gasteiger partial charge in [-0.05, 0) is 51.8 Å². The lowest BCUT2D eigenvalue weighted by Gasteiger charge is -2.20. The molecule has 0 heterocycles. The molecule has 0 aliphatic rings. The average molecular weight is 372 g/mol. The second-order valence-corrected chi connectivity index (χ2v) is 5.67. The Morgan fingerprint density at radius 1 is 1.10 bits per heavy atom. The Hall–Kier alpha value is -1.27. The van der Waals surface area contributed by atoms with Crippen molar-refractivity contribution < 1.29 is 9.47 Å². The van der Waals surface area contributed by atoms with Gasteiger partial charge in [0.1, 0.15) is 11.5 Å². The molecule has 3 N–H and O–H groups in total. The first kappa shape index (κ1) is 16.1. The van der Waals surface area contributed by atoms with Crippen molar-refractivity contribution >= 4 is 27.5 Å². The minimum Gasteiger partial charge on any atom is -0.496 e. The number of nitrogens with one attached hydrogen (secondary N) is 1. The van der Waals surface area contributed by atoms with E-state index in [4.69, 9.17) is 26.9 Å². The number of nitrogens with two attached hydrogens (primary N) is 1. The molecule has 4 nitrogen and oxygen atoms in total. The topological polar surface area (TPSA) is 56.5 Å². The van der Waals surface area contributed by atoms with Crippen LogP contribution in [0.3, 0.4) is 0 Å². The third-order valence-corrected chi connectivity index (χ3v) is 4.03. The monoisotopic (exact) mass is 370 g/mol. The molecule has 0 saturated carbocycles. The molecule has 0 aromatic heterocycles. The Kier molecular flexibility index (Phi) is 5.47. The zero-order valence-corrected chi connectivity index (χ0v) is 14.0. The zero-order valence-electron chi connectivity index (χ0n) is 11.7. The van der Waals surface area contributed by atoms with E-state index in [-0.39, 0.29) is 6.04 Å². The van der Waals surface area contributed by atoms with Crippen LogP contribution in [0.1, 0.15) is 17.2 Å². The lowest BCUT2D eigenvalue weighted by Crippen LogP contribution is -2.29. The highest BCUT2D eigenvalue weighted by molar-refractivity contribution is 9.10. The highest BCUT2D eigenvalue weighted by Crippen LogP contribution is 2.35. The standard InChI is InChI=1S/C15H16BrClN2O2/c1-20-13-6-4-10(17)8-11(13)15(19-18)9-3-5-14(21-2)12(16)7-9/h3-8,15,19H,18H2,1-2H3. The molecule has 21 heavy (non-hydrogen) atoms. The molecule has 2 aromatic carbocycles. The minimum absolute atomic E-state index is 0.249. The van der Waals surface area contributed by atoms with Crippen LogP contribution in [0.4, 0.5) is 0 Å². The molecule has 2 rings (SSSR count). The van der Waals surface area contributed by atoms with Crippen LogP contribution in [0, 0.1) is 0 Å². The van der Waals surface area contributed by atoms with E-state index in [1.807, 2.05) is 30.3 Å². The van der Waals surface area contributed by atoms with E-state index in [1.165, 1.54) is 0 Å². The van der Waals surface area contributed by atoms with E-state index < -0.39 is 0 Å². The maximum absolute atomic E-state index is 6.09. The molecule has 2 aromatic rings.